The second-order valence-corrected chi connectivity index (χ2v) is 3.70. The van der Waals surface area contributed by atoms with E-state index in [4.69, 9.17) is 12.2 Å². The minimum atomic E-state index is -4.60. The molecule has 0 aliphatic heterocycles. The van der Waals surface area contributed by atoms with Crippen molar-refractivity contribution >= 4 is 23.8 Å². The molecule has 0 atom stereocenters. The fourth-order valence-electron chi connectivity index (χ4n) is 1.50. The first-order valence-electron chi connectivity index (χ1n) is 4.62. The van der Waals surface area contributed by atoms with Crippen LogP contribution in [0.5, 0.6) is 0 Å². The lowest BCUT2D eigenvalue weighted by molar-refractivity contribution is -0.142. The third kappa shape index (κ3) is 1.86. The molecule has 2 aromatic heterocycles. The Hall–Kier alpha value is -1.90. The van der Waals surface area contributed by atoms with Crippen LogP contribution >= 0.6 is 12.2 Å². The van der Waals surface area contributed by atoms with E-state index in [1.807, 2.05) is 0 Å². The van der Waals surface area contributed by atoms with Crippen LogP contribution in [0.1, 0.15) is 16.1 Å². The molecule has 5 nitrogen and oxygen atoms in total. The monoisotopic (exact) mass is 277 g/mol. The highest BCUT2D eigenvalue weighted by Gasteiger charge is 2.35. The standard InChI is InChI=1S/C9H6F3N3O2S/c1-17-7(16)4-2-3-5(9(10,11)12)15-6(4)13-14-8(15)18/h2-3H,1H3,(H,14,18). The second-order valence-electron chi connectivity index (χ2n) is 3.31. The first-order valence-corrected chi connectivity index (χ1v) is 5.02. The van der Waals surface area contributed by atoms with Gasteiger partial charge in [0, 0.05) is 0 Å². The summed E-state index contributed by atoms with van der Waals surface area (Å²) in [5.41, 5.74) is -1.33. The van der Waals surface area contributed by atoms with Gasteiger partial charge in [0.05, 0.1) is 7.11 Å². The highest BCUT2D eigenvalue weighted by molar-refractivity contribution is 7.71. The van der Waals surface area contributed by atoms with Crippen LogP contribution in [0.15, 0.2) is 12.1 Å². The number of carbonyl (C=O) groups is 1. The molecule has 0 unspecified atom stereocenters. The fraction of sp³-hybridized carbons (Fsp3) is 0.222. The first-order chi connectivity index (χ1) is 8.36. The topological polar surface area (TPSA) is 59.4 Å². The molecule has 18 heavy (non-hydrogen) atoms. The van der Waals surface area contributed by atoms with E-state index >= 15 is 0 Å². The number of alkyl halides is 3. The Labute approximate surface area is 103 Å². The number of rotatable bonds is 1. The molecule has 0 saturated heterocycles. The Kier molecular flexibility index (Phi) is 2.85. The first kappa shape index (κ1) is 12.6. The van der Waals surface area contributed by atoms with Crippen molar-refractivity contribution in [3.63, 3.8) is 0 Å². The number of nitrogens with zero attached hydrogens (tertiary/aromatic N) is 2. The largest absolute Gasteiger partial charge is 0.465 e. The Morgan fingerprint density at radius 2 is 2.17 bits per heavy atom. The summed E-state index contributed by atoms with van der Waals surface area (Å²) in [4.78, 5) is 11.4. The third-order valence-electron chi connectivity index (χ3n) is 2.26. The number of hydrogen-bond donors (Lipinski definition) is 1. The van der Waals surface area contributed by atoms with Crippen LogP contribution in [0.2, 0.25) is 0 Å². The number of methoxy groups -OCH3 is 1. The number of aromatic amines is 1. The molecule has 0 aliphatic carbocycles. The van der Waals surface area contributed by atoms with Gasteiger partial charge < -0.3 is 4.74 Å². The molecular formula is C9H6F3N3O2S. The smallest absolute Gasteiger partial charge is 0.431 e. The Morgan fingerprint density at radius 3 is 2.72 bits per heavy atom. The number of carbonyl (C=O) groups excluding carboxylic acids is 1. The van der Waals surface area contributed by atoms with Crippen molar-refractivity contribution in [1.29, 1.82) is 0 Å². The van der Waals surface area contributed by atoms with Crippen molar-refractivity contribution < 1.29 is 22.7 Å². The molecule has 0 bridgehead atoms. The molecule has 0 amide bonds. The number of fused-ring (bicyclic) bond motifs is 1. The van der Waals surface area contributed by atoms with E-state index in [1.54, 1.807) is 0 Å². The minimum absolute atomic E-state index is 0.0992. The summed E-state index contributed by atoms with van der Waals surface area (Å²) in [6, 6.07) is 1.75. The van der Waals surface area contributed by atoms with E-state index < -0.39 is 17.8 Å². The van der Waals surface area contributed by atoms with Crippen LogP contribution in [0.3, 0.4) is 0 Å². The fourth-order valence-corrected chi connectivity index (χ4v) is 1.73. The van der Waals surface area contributed by atoms with E-state index in [-0.39, 0.29) is 16.0 Å². The maximum absolute atomic E-state index is 12.8. The maximum Gasteiger partial charge on any atom is 0.431 e. The number of esters is 1. The van der Waals surface area contributed by atoms with Crippen LogP contribution in [-0.2, 0) is 10.9 Å². The van der Waals surface area contributed by atoms with Crippen LogP contribution in [0.4, 0.5) is 13.2 Å². The van der Waals surface area contributed by atoms with Gasteiger partial charge in [0.25, 0.3) is 0 Å². The molecule has 0 saturated carbocycles. The molecule has 0 aromatic carbocycles. The highest BCUT2D eigenvalue weighted by atomic mass is 32.1. The van der Waals surface area contributed by atoms with Gasteiger partial charge in [-0.25, -0.2) is 4.79 Å². The Bertz CT molecular complexity index is 674. The van der Waals surface area contributed by atoms with E-state index in [0.29, 0.717) is 4.40 Å². The quantitative estimate of drug-likeness (QED) is 0.641. The zero-order valence-corrected chi connectivity index (χ0v) is 9.72. The van der Waals surface area contributed by atoms with Gasteiger partial charge >= 0.3 is 12.1 Å². The molecule has 0 spiro atoms. The van der Waals surface area contributed by atoms with E-state index in [0.717, 1.165) is 19.2 Å². The molecule has 96 valence electrons. The van der Waals surface area contributed by atoms with E-state index in [1.165, 1.54) is 0 Å². The SMILES string of the molecule is COC(=O)c1ccc(C(F)(F)F)n2c(=S)[nH]nc12. The molecule has 9 heteroatoms. The van der Waals surface area contributed by atoms with E-state index in [2.05, 4.69) is 14.9 Å². The average Bonchev–Trinajstić information content (AvgIpc) is 2.68. The molecule has 1 N–H and O–H groups in total. The van der Waals surface area contributed by atoms with Crippen LogP contribution in [0, 0.1) is 4.77 Å². The maximum atomic E-state index is 12.8. The summed E-state index contributed by atoms with van der Waals surface area (Å²) in [6.07, 6.45) is -4.60. The van der Waals surface area contributed by atoms with Gasteiger partial charge in [-0.2, -0.15) is 18.3 Å². The minimum Gasteiger partial charge on any atom is -0.465 e. The van der Waals surface area contributed by atoms with Crippen molar-refractivity contribution in [2.75, 3.05) is 7.11 Å². The van der Waals surface area contributed by atoms with Crippen LogP contribution in [0.25, 0.3) is 5.65 Å². The molecule has 2 aromatic rings. The normalized spacial score (nSPS) is 11.8. The number of ether oxygens (including phenoxy) is 1. The summed E-state index contributed by atoms with van der Waals surface area (Å²) >= 11 is 4.72. The zero-order valence-electron chi connectivity index (χ0n) is 8.91. The van der Waals surface area contributed by atoms with Gasteiger partial charge in [0.2, 0.25) is 0 Å². The summed E-state index contributed by atoms with van der Waals surface area (Å²) in [5.74, 6) is -0.789. The predicted octanol–water partition coefficient (Wildman–Crippen LogP) is 2.20. The summed E-state index contributed by atoms with van der Waals surface area (Å²) < 4.78 is 43.2. The summed E-state index contributed by atoms with van der Waals surface area (Å²) in [7, 11) is 1.12. The predicted molar refractivity (Wildman–Crippen MR) is 56.7 cm³/mol. The van der Waals surface area contributed by atoms with Crippen LogP contribution < -0.4 is 0 Å². The molecule has 2 rings (SSSR count). The number of halogens is 3. The lowest BCUT2D eigenvalue weighted by Crippen LogP contribution is -2.14. The molecular weight excluding hydrogens is 271 g/mol. The number of H-pyrrole nitrogens is 1. The van der Waals surface area contributed by atoms with Crippen molar-refractivity contribution in [2.45, 2.75) is 6.18 Å². The van der Waals surface area contributed by atoms with Gasteiger partial charge in [-0.1, -0.05) is 0 Å². The molecule has 2 heterocycles. The van der Waals surface area contributed by atoms with Crippen molar-refractivity contribution in [3.8, 4) is 0 Å². The van der Waals surface area contributed by atoms with Gasteiger partial charge in [0.1, 0.15) is 11.3 Å². The number of nitrogens with one attached hydrogen (secondary N) is 1. The van der Waals surface area contributed by atoms with Crippen molar-refractivity contribution in [2.24, 2.45) is 0 Å². The highest BCUT2D eigenvalue weighted by Crippen LogP contribution is 2.30. The van der Waals surface area contributed by atoms with E-state index in [9.17, 15) is 18.0 Å². The number of aromatic nitrogens is 3. The van der Waals surface area contributed by atoms with Gasteiger partial charge in [-0.05, 0) is 24.4 Å². The van der Waals surface area contributed by atoms with Gasteiger partial charge in [-0.3, -0.25) is 9.50 Å². The number of pyridine rings is 1. The second kappa shape index (κ2) is 4.09. The van der Waals surface area contributed by atoms with Crippen molar-refractivity contribution in [1.82, 2.24) is 14.6 Å². The number of hydrogen-bond acceptors (Lipinski definition) is 4. The Morgan fingerprint density at radius 1 is 1.50 bits per heavy atom. The van der Waals surface area contributed by atoms with Gasteiger partial charge in [0.15, 0.2) is 10.4 Å². The summed E-state index contributed by atoms with van der Waals surface area (Å²) in [5, 5.41) is 5.82. The molecule has 0 radical (unpaired) electrons. The molecule has 0 fully saturated rings. The third-order valence-corrected chi connectivity index (χ3v) is 2.53. The summed E-state index contributed by atoms with van der Waals surface area (Å²) in [6.45, 7) is 0. The van der Waals surface area contributed by atoms with Crippen LogP contribution in [-0.4, -0.2) is 27.7 Å². The van der Waals surface area contributed by atoms with Gasteiger partial charge in [-0.15, -0.1) is 0 Å². The van der Waals surface area contributed by atoms with Crippen molar-refractivity contribution in [3.05, 3.63) is 28.2 Å². The average molecular weight is 277 g/mol. The Balaban J connectivity index is 2.85. The lowest BCUT2D eigenvalue weighted by Gasteiger charge is -2.10. The molecule has 0 aliphatic rings. The lowest BCUT2D eigenvalue weighted by atomic mass is 10.2. The zero-order chi connectivity index (χ0) is 13.5.